The number of primary amides is 1. The molecule has 0 aliphatic carbocycles. The second-order valence-electron chi connectivity index (χ2n) is 5.72. The number of carbonyl (C=O) groups excluding carboxylic acids is 1. The summed E-state index contributed by atoms with van der Waals surface area (Å²) in [4.78, 5) is 20.5. The van der Waals surface area contributed by atoms with Gasteiger partial charge in [-0.15, -0.1) is 0 Å². The SMILES string of the molecule is CCOC(C)C#Cc1nc2ccc(C(N)=O)cc2nc1C#CC(C)OCC. The number of hydrogen-bond donors (Lipinski definition) is 1. The van der Waals surface area contributed by atoms with E-state index in [1.165, 1.54) is 0 Å². The molecule has 0 saturated heterocycles. The van der Waals surface area contributed by atoms with E-state index in [4.69, 9.17) is 15.2 Å². The highest BCUT2D eigenvalue weighted by Crippen LogP contribution is 2.15. The van der Waals surface area contributed by atoms with Gasteiger partial charge in [0.05, 0.1) is 11.0 Å². The first-order valence-electron chi connectivity index (χ1n) is 8.82. The number of rotatable bonds is 5. The van der Waals surface area contributed by atoms with Crippen molar-refractivity contribution in [1.82, 2.24) is 9.97 Å². The molecule has 0 aliphatic heterocycles. The van der Waals surface area contributed by atoms with Gasteiger partial charge in [-0.1, -0.05) is 11.8 Å². The lowest BCUT2D eigenvalue weighted by atomic mass is 10.1. The molecule has 0 aliphatic rings. The van der Waals surface area contributed by atoms with E-state index in [0.29, 0.717) is 41.2 Å². The van der Waals surface area contributed by atoms with Crippen molar-refractivity contribution in [2.45, 2.75) is 39.9 Å². The van der Waals surface area contributed by atoms with Gasteiger partial charge in [0.1, 0.15) is 23.6 Å². The van der Waals surface area contributed by atoms with Gasteiger partial charge in [-0.25, -0.2) is 9.97 Å². The van der Waals surface area contributed by atoms with E-state index in [1.807, 2.05) is 27.7 Å². The monoisotopic (exact) mass is 365 g/mol. The van der Waals surface area contributed by atoms with E-state index in [-0.39, 0.29) is 12.2 Å². The van der Waals surface area contributed by atoms with Crippen LogP contribution in [0.3, 0.4) is 0 Å². The smallest absolute Gasteiger partial charge is 0.248 e. The van der Waals surface area contributed by atoms with Crippen LogP contribution in [0, 0.1) is 23.7 Å². The Balaban J connectivity index is 2.54. The lowest BCUT2D eigenvalue weighted by molar-refractivity contribution is 0.1000. The first-order valence-corrected chi connectivity index (χ1v) is 8.82. The van der Waals surface area contributed by atoms with Gasteiger partial charge in [0.15, 0.2) is 0 Å². The molecule has 2 atom stereocenters. The third kappa shape index (κ3) is 5.79. The highest BCUT2D eigenvalue weighted by atomic mass is 16.5. The molecule has 0 saturated carbocycles. The maximum Gasteiger partial charge on any atom is 0.248 e. The average Bonchev–Trinajstić information content (AvgIpc) is 2.64. The number of amides is 1. The zero-order valence-corrected chi connectivity index (χ0v) is 16.0. The van der Waals surface area contributed by atoms with Crippen molar-refractivity contribution >= 4 is 16.9 Å². The second-order valence-corrected chi connectivity index (χ2v) is 5.72. The third-order valence-corrected chi connectivity index (χ3v) is 3.57. The Morgan fingerprint density at radius 3 is 2.00 bits per heavy atom. The van der Waals surface area contributed by atoms with Crippen LogP contribution in [0.15, 0.2) is 18.2 Å². The molecule has 1 heterocycles. The molecule has 6 nitrogen and oxygen atoms in total. The van der Waals surface area contributed by atoms with Crippen LogP contribution in [-0.4, -0.2) is 41.3 Å². The molecule has 27 heavy (non-hydrogen) atoms. The molecule has 2 rings (SSSR count). The van der Waals surface area contributed by atoms with Crippen LogP contribution >= 0.6 is 0 Å². The molecule has 2 unspecified atom stereocenters. The summed E-state index contributed by atoms with van der Waals surface area (Å²) in [7, 11) is 0. The summed E-state index contributed by atoms with van der Waals surface area (Å²) in [6, 6.07) is 4.91. The van der Waals surface area contributed by atoms with E-state index in [9.17, 15) is 4.79 Å². The summed E-state index contributed by atoms with van der Waals surface area (Å²) in [5.41, 5.74) is 7.73. The van der Waals surface area contributed by atoms with E-state index in [0.717, 1.165) is 0 Å². The normalized spacial score (nSPS) is 12.4. The van der Waals surface area contributed by atoms with Crippen LogP contribution in [0.5, 0.6) is 0 Å². The molecular formula is C21H23N3O3. The van der Waals surface area contributed by atoms with Crippen molar-refractivity contribution in [2.24, 2.45) is 5.73 Å². The van der Waals surface area contributed by atoms with Gasteiger partial charge >= 0.3 is 0 Å². The zero-order chi connectivity index (χ0) is 19.8. The Kier molecular flexibility index (Phi) is 7.31. The summed E-state index contributed by atoms with van der Waals surface area (Å²) < 4.78 is 10.9. The van der Waals surface area contributed by atoms with Crippen LogP contribution in [0.2, 0.25) is 0 Å². The fourth-order valence-electron chi connectivity index (χ4n) is 2.31. The number of ether oxygens (including phenoxy) is 2. The predicted molar refractivity (Wildman–Crippen MR) is 104 cm³/mol. The van der Waals surface area contributed by atoms with E-state index < -0.39 is 5.91 Å². The van der Waals surface area contributed by atoms with Crippen LogP contribution in [0.1, 0.15) is 49.4 Å². The summed E-state index contributed by atoms with van der Waals surface area (Å²) in [6.45, 7) is 8.69. The van der Waals surface area contributed by atoms with Crippen molar-refractivity contribution in [3.8, 4) is 23.7 Å². The van der Waals surface area contributed by atoms with Crippen molar-refractivity contribution < 1.29 is 14.3 Å². The standard InChI is InChI=1S/C21H23N3O3/c1-5-26-14(3)7-10-17-18(11-8-15(4)27-6-2)24-20-13-16(21(22)25)9-12-19(20)23-17/h9,12-15H,5-6H2,1-4H3,(H2,22,25). The average molecular weight is 365 g/mol. The summed E-state index contributed by atoms with van der Waals surface area (Å²) >= 11 is 0. The molecule has 1 aromatic carbocycles. The lowest BCUT2D eigenvalue weighted by Crippen LogP contribution is -2.11. The zero-order valence-electron chi connectivity index (χ0n) is 16.0. The van der Waals surface area contributed by atoms with Gasteiger partial charge in [-0.2, -0.15) is 0 Å². The molecule has 0 spiro atoms. The van der Waals surface area contributed by atoms with Crippen LogP contribution in [-0.2, 0) is 9.47 Å². The molecule has 0 fully saturated rings. The molecule has 0 radical (unpaired) electrons. The van der Waals surface area contributed by atoms with E-state index >= 15 is 0 Å². The third-order valence-electron chi connectivity index (χ3n) is 3.57. The molecule has 2 aromatic rings. The largest absolute Gasteiger partial charge is 0.366 e. The highest BCUT2D eigenvalue weighted by molar-refractivity contribution is 5.96. The van der Waals surface area contributed by atoms with Gasteiger partial charge in [-0.05, 0) is 57.7 Å². The minimum absolute atomic E-state index is 0.229. The Bertz CT molecular complexity index is 948. The van der Waals surface area contributed by atoms with Crippen molar-refractivity contribution in [3.05, 3.63) is 35.2 Å². The maximum atomic E-state index is 11.4. The van der Waals surface area contributed by atoms with Crippen molar-refractivity contribution in [3.63, 3.8) is 0 Å². The topological polar surface area (TPSA) is 87.3 Å². The Labute approximate surface area is 159 Å². The molecule has 0 bridgehead atoms. The molecule has 140 valence electrons. The number of fused-ring (bicyclic) bond motifs is 1. The second kappa shape index (κ2) is 9.68. The van der Waals surface area contributed by atoms with Crippen LogP contribution < -0.4 is 5.73 Å². The number of benzene rings is 1. The van der Waals surface area contributed by atoms with E-state index in [2.05, 4.69) is 33.6 Å². The highest BCUT2D eigenvalue weighted by Gasteiger charge is 2.09. The summed E-state index contributed by atoms with van der Waals surface area (Å²) in [6.07, 6.45) is -0.472. The minimum atomic E-state index is -0.522. The predicted octanol–water partition coefficient (Wildman–Crippen LogP) is 2.28. The fraction of sp³-hybridized carbons (Fsp3) is 0.381. The van der Waals surface area contributed by atoms with E-state index in [1.54, 1.807) is 18.2 Å². The maximum absolute atomic E-state index is 11.4. The number of nitrogens with zero attached hydrogens (tertiary/aromatic N) is 2. The summed E-state index contributed by atoms with van der Waals surface area (Å²) in [5.74, 6) is 11.5. The lowest BCUT2D eigenvalue weighted by Gasteiger charge is -2.05. The number of aromatic nitrogens is 2. The van der Waals surface area contributed by atoms with Crippen molar-refractivity contribution in [2.75, 3.05) is 13.2 Å². The molecule has 2 N–H and O–H groups in total. The van der Waals surface area contributed by atoms with Crippen molar-refractivity contribution in [1.29, 1.82) is 0 Å². The van der Waals surface area contributed by atoms with Crippen LogP contribution in [0.25, 0.3) is 11.0 Å². The Morgan fingerprint density at radius 2 is 1.52 bits per heavy atom. The first-order chi connectivity index (χ1) is 12.9. The molecule has 6 heteroatoms. The number of carbonyl (C=O) groups is 1. The fourth-order valence-corrected chi connectivity index (χ4v) is 2.31. The molecule has 1 amide bonds. The number of hydrogen-bond acceptors (Lipinski definition) is 5. The Morgan fingerprint density at radius 1 is 1.00 bits per heavy atom. The van der Waals surface area contributed by atoms with Gasteiger partial charge in [0, 0.05) is 18.8 Å². The minimum Gasteiger partial charge on any atom is -0.366 e. The van der Waals surface area contributed by atoms with Gasteiger partial charge in [0.2, 0.25) is 5.91 Å². The molecular weight excluding hydrogens is 342 g/mol. The molecule has 1 aromatic heterocycles. The number of nitrogens with two attached hydrogens (primary N) is 1. The Hall–Kier alpha value is -2.93. The first kappa shape index (κ1) is 20.4. The van der Waals surface area contributed by atoms with Crippen LogP contribution in [0.4, 0.5) is 0 Å². The van der Waals surface area contributed by atoms with Gasteiger partial charge in [0.25, 0.3) is 0 Å². The van der Waals surface area contributed by atoms with Gasteiger partial charge in [-0.3, -0.25) is 4.79 Å². The quantitative estimate of drug-likeness (QED) is 0.822. The summed E-state index contributed by atoms with van der Waals surface area (Å²) in [5, 5.41) is 0. The van der Waals surface area contributed by atoms with Gasteiger partial charge < -0.3 is 15.2 Å².